The maximum atomic E-state index is 9.24. The number of hydrogen-bond acceptors (Lipinski definition) is 4. The van der Waals surface area contributed by atoms with Crippen molar-refractivity contribution in [3.63, 3.8) is 0 Å². The molecule has 4 nitrogen and oxygen atoms in total. The minimum absolute atomic E-state index is 0.182. The largest absolute Gasteiger partial charge is 0.488 e. The predicted molar refractivity (Wildman–Crippen MR) is 384 cm³/mol. The van der Waals surface area contributed by atoms with Crippen LogP contribution in [0.5, 0.6) is 0 Å². The highest BCUT2D eigenvalue weighted by molar-refractivity contribution is 9.10. The fourth-order valence-electron chi connectivity index (χ4n) is 12.4. The van der Waals surface area contributed by atoms with Crippen LogP contribution in [-0.4, -0.2) is 17.2 Å². The molecule has 0 unspecified atom stereocenters. The van der Waals surface area contributed by atoms with Crippen LogP contribution in [0.3, 0.4) is 0 Å². The summed E-state index contributed by atoms with van der Waals surface area (Å²) in [6.07, 6.45) is 0. The molecule has 2 aromatic heterocycles. The molecule has 0 aliphatic heterocycles. The molecule has 0 atom stereocenters. The fourth-order valence-corrected chi connectivity index (χ4v) is 13.0. The average Bonchev–Trinajstić information content (AvgIpc) is 0.727. The van der Waals surface area contributed by atoms with E-state index in [0.29, 0.717) is 38.8 Å². The van der Waals surface area contributed by atoms with E-state index in [2.05, 4.69) is 34.1 Å². The zero-order valence-electron chi connectivity index (χ0n) is 63.5. The molecule has 18 aromatic rings. The van der Waals surface area contributed by atoms with Crippen molar-refractivity contribution in [1.82, 2.24) is 0 Å². The quantitative estimate of drug-likeness (QED) is 0.129. The molecular formula is C84H54BBrO4. The summed E-state index contributed by atoms with van der Waals surface area (Å²) in [4.78, 5) is 0. The van der Waals surface area contributed by atoms with Gasteiger partial charge in [-0.05, 0) is 178 Å². The lowest BCUT2D eigenvalue weighted by atomic mass is 9.80. The summed E-state index contributed by atoms with van der Waals surface area (Å²) in [5, 5.41) is 27.5. The summed E-state index contributed by atoms with van der Waals surface area (Å²) < 4.78 is 152. The van der Waals surface area contributed by atoms with Gasteiger partial charge in [-0.3, -0.25) is 0 Å². The molecule has 2 heterocycles. The van der Waals surface area contributed by atoms with E-state index in [1.165, 1.54) is 0 Å². The maximum Gasteiger partial charge on any atom is 0.488 e. The van der Waals surface area contributed by atoms with E-state index < -0.39 is 55.5 Å². The second-order valence-electron chi connectivity index (χ2n) is 21.7. The van der Waals surface area contributed by atoms with Crippen molar-refractivity contribution in [1.29, 1.82) is 0 Å². The maximum absolute atomic E-state index is 9.24. The normalized spacial score (nSPS) is 14.0. The zero-order chi connectivity index (χ0) is 74.2. The van der Waals surface area contributed by atoms with Gasteiger partial charge in [0.05, 0.1) is 21.9 Å². The van der Waals surface area contributed by atoms with Gasteiger partial charge in [0.1, 0.15) is 22.3 Å². The van der Waals surface area contributed by atoms with Crippen LogP contribution in [0.15, 0.2) is 328 Å². The van der Waals surface area contributed by atoms with Crippen molar-refractivity contribution >= 4 is 137 Å². The van der Waals surface area contributed by atoms with Crippen LogP contribution < -0.4 is 5.46 Å². The van der Waals surface area contributed by atoms with Gasteiger partial charge in [-0.15, -0.1) is 0 Å². The van der Waals surface area contributed by atoms with Gasteiger partial charge < -0.3 is 18.9 Å². The van der Waals surface area contributed by atoms with Crippen molar-refractivity contribution in [3.8, 4) is 55.6 Å². The summed E-state index contributed by atoms with van der Waals surface area (Å²) in [6, 6.07) is 63.6. The van der Waals surface area contributed by atoms with Gasteiger partial charge in [0.25, 0.3) is 0 Å². The van der Waals surface area contributed by atoms with Crippen LogP contribution >= 0.6 is 15.9 Å². The summed E-state index contributed by atoms with van der Waals surface area (Å²) in [7, 11) is -1.44. The molecule has 0 saturated carbocycles. The van der Waals surface area contributed by atoms with Crippen molar-refractivity contribution in [2.75, 3.05) is 0 Å². The van der Waals surface area contributed by atoms with Crippen molar-refractivity contribution < 1.29 is 40.8 Å². The summed E-state index contributed by atoms with van der Waals surface area (Å²) >= 11 is 3.43. The summed E-state index contributed by atoms with van der Waals surface area (Å²) in [6.45, 7) is 0. The first-order valence-electron chi connectivity index (χ1n) is 37.0. The predicted octanol–water partition coefficient (Wildman–Crippen LogP) is 22.6. The van der Waals surface area contributed by atoms with Gasteiger partial charge in [0.2, 0.25) is 0 Å². The van der Waals surface area contributed by atoms with Gasteiger partial charge in [0.15, 0.2) is 0 Å². The molecule has 6 heteroatoms. The SMILES string of the molecule is OB(O)c1ccc(-c2ccc3c(c2)oc2ccccc23)cc1.[2H]c1c([2H])c([2H])c2c(-c3cccc4ccccc34)c3c([2H])c([2H])c([2H])c([2H])c3c(-c3ccc(-c4ccc5c(c4)oc4ccccc45)cc3)c2c1[2H].[2H]c1c([2H])c([2H])c2c(-c3cccc4ccccc34)c3c([2H])c([2H])c([2H])c([2H])c3c(Br)c2c1[2H]. The molecule has 0 amide bonds. The Balaban J connectivity index is 0.000000134. The number of hydrogen-bond donors (Lipinski definition) is 2. The van der Waals surface area contributed by atoms with Crippen LogP contribution in [0.25, 0.3) is 164 Å². The third-order valence-electron chi connectivity index (χ3n) is 16.6. The van der Waals surface area contributed by atoms with Crippen molar-refractivity contribution in [2.24, 2.45) is 0 Å². The van der Waals surface area contributed by atoms with Crippen LogP contribution in [-0.2, 0) is 0 Å². The monoisotopic (exact) mass is 1230 g/mol. The molecular weight excluding hydrogens is 1160 g/mol. The Morgan fingerprint density at radius 3 is 1.03 bits per heavy atom. The highest BCUT2D eigenvalue weighted by Crippen LogP contribution is 2.47. The minimum atomic E-state index is -1.44. The number of rotatable bonds is 6. The van der Waals surface area contributed by atoms with Crippen molar-refractivity contribution in [3.05, 3.63) is 320 Å². The number of benzene rings is 16. The van der Waals surface area contributed by atoms with Crippen LogP contribution in [0, 0.1) is 0 Å². The Kier molecular flexibility index (Phi) is 10.2. The Bertz CT molecular complexity index is 6610. The lowest BCUT2D eigenvalue weighted by molar-refractivity contribution is 0.426. The first kappa shape index (κ1) is 39.8. The third-order valence-corrected chi connectivity index (χ3v) is 17.4. The highest BCUT2D eigenvalue weighted by Gasteiger charge is 2.20. The van der Waals surface area contributed by atoms with E-state index >= 15 is 0 Å². The minimum Gasteiger partial charge on any atom is -0.456 e. The third kappa shape index (κ3) is 9.66. The number of halogens is 1. The van der Waals surface area contributed by atoms with Crippen LogP contribution in [0.2, 0.25) is 0 Å². The molecule has 0 spiro atoms. The highest BCUT2D eigenvalue weighted by atomic mass is 79.9. The van der Waals surface area contributed by atoms with Gasteiger partial charge in [-0.25, -0.2) is 0 Å². The Morgan fingerprint density at radius 2 is 0.600 bits per heavy atom. The second-order valence-corrected chi connectivity index (χ2v) is 22.5. The first-order chi connectivity index (χ1) is 51.0. The van der Waals surface area contributed by atoms with Gasteiger partial charge in [-0.2, -0.15) is 0 Å². The van der Waals surface area contributed by atoms with E-state index in [1.807, 2.05) is 188 Å². The molecule has 0 fully saturated rings. The molecule has 0 saturated heterocycles. The Labute approximate surface area is 550 Å². The van der Waals surface area contributed by atoms with E-state index in [-0.39, 0.29) is 95.9 Å². The molecule has 16 aromatic carbocycles. The van der Waals surface area contributed by atoms with E-state index in [1.54, 1.807) is 12.1 Å². The lowest BCUT2D eigenvalue weighted by Crippen LogP contribution is -2.29. The van der Waals surface area contributed by atoms with Crippen LogP contribution in [0.4, 0.5) is 0 Å². The number of para-hydroxylation sites is 2. The molecule has 0 radical (unpaired) electrons. The molecule has 2 N–H and O–H groups in total. The van der Waals surface area contributed by atoms with Crippen molar-refractivity contribution in [2.45, 2.75) is 0 Å². The van der Waals surface area contributed by atoms with Gasteiger partial charge in [0, 0.05) is 26.0 Å². The number of furan rings is 2. The molecule has 18 rings (SSSR count). The lowest BCUT2D eigenvalue weighted by Gasteiger charge is -2.19. The molecule has 424 valence electrons. The first-order valence-corrected chi connectivity index (χ1v) is 29.8. The summed E-state index contributed by atoms with van der Waals surface area (Å²) in [5.41, 5.74) is 10.4. The standard InChI is InChI=1S/C42H26O.C24H15Br.C18H13BO3/c1-2-12-31-28(10-1)11-9-18-34(31)42-37-16-5-3-14-35(37)41(36-15-4-6-17-38(36)42)29-22-20-27(21-23-29)30-24-25-33-32-13-7-8-19-39(32)43-40(33)26-30;25-24-21-13-5-3-11-19(21)23(20-12-4-6-14-22(20)24)18-15-7-9-16-8-1-2-10-17(16)18;20-19(21)14-8-5-12(6-9-14)13-7-10-16-15-3-1-2-4-17(15)22-18(16)11-13/h1-26H;1-15H;1-11,20-21H/i3D,4D,5D,6D,14D,15D,16D,17D;3D,4D,5D,6D,11D,12D,13D,14D;. The molecule has 0 aliphatic rings. The summed E-state index contributed by atoms with van der Waals surface area (Å²) in [5.74, 6) is 0. The topological polar surface area (TPSA) is 66.7 Å². The average molecular weight is 1230 g/mol. The molecule has 0 aliphatic carbocycles. The van der Waals surface area contributed by atoms with Gasteiger partial charge in [-0.1, -0.05) is 279 Å². The van der Waals surface area contributed by atoms with E-state index in [4.69, 9.17) is 35.3 Å². The smallest absolute Gasteiger partial charge is 0.456 e. The second kappa shape index (κ2) is 23.0. The molecule has 0 bridgehead atoms. The van der Waals surface area contributed by atoms with Gasteiger partial charge >= 0.3 is 7.12 Å². The molecule has 90 heavy (non-hydrogen) atoms. The van der Waals surface area contributed by atoms with Crippen LogP contribution in [0.1, 0.15) is 21.9 Å². The Hall–Kier alpha value is -10.9. The Morgan fingerprint density at radius 1 is 0.278 bits per heavy atom. The number of fused-ring (bicyclic) bond motifs is 12. The fraction of sp³-hybridized carbons (Fsp3) is 0. The van der Waals surface area contributed by atoms with E-state index in [0.717, 1.165) is 87.7 Å². The zero-order valence-corrected chi connectivity index (χ0v) is 49.0. The van der Waals surface area contributed by atoms with E-state index in [9.17, 15) is 5.48 Å².